The molecule has 0 spiro atoms. The van der Waals surface area contributed by atoms with Crippen LogP contribution in [0.1, 0.15) is 41.1 Å². The van der Waals surface area contributed by atoms with Crippen molar-refractivity contribution in [2.24, 2.45) is 0 Å². The fourth-order valence-corrected chi connectivity index (χ4v) is 4.85. The average Bonchev–Trinajstić information content (AvgIpc) is 3.14. The van der Waals surface area contributed by atoms with Gasteiger partial charge in [-0.3, -0.25) is 14.5 Å². The van der Waals surface area contributed by atoms with Gasteiger partial charge in [-0.2, -0.15) is 0 Å². The van der Waals surface area contributed by atoms with Crippen LogP contribution in [-0.2, 0) is 22.4 Å². The van der Waals surface area contributed by atoms with E-state index in [-0.39, 0.29) is 17.1 Å². The molecule has 0 radical (unpaired) electrons. The number of carbonyl (C=O) groups is 2. The van der Waals surface area contributed by atoms with Gasteiger partial charge in [0.2, 0.25) is 0 Å². The van der Waals surface area contributed by atoms with E-state index in [1.807, 2.05) is 18.2 Å². The third-order valence-electron chi connectivity index (χ3n) is 6.63. The maximum Gasteiger partial charge on any atom is 0.300 e. The second-order valence-electron chi connectivity index (χ2n) is 8.65. The molecule has 1 fully saturated rings. The fraction of sp³-hybridized carbons (Fsp3) is 0.214. The van der Waals surface area contributed by atoms with E-state index >= 15 is 0 Å². The molecule has 1 atom stereocenters. The van der Waals surface area contributed by atoms with E-state index in [9.17, 15) is 19.8 Å². The number of methoxy groups -OCH3 is 1. The number of carbonyl (C=O) groups excluding carboxylic acids is 2. The van der Waals surface area contributed by atoms with Gasteiger partial charge < -0.3 is 14.9 Å². The maximum absolute atomic E-state index is 13.3. The van der Waals surface area contributed by atoms with Gasteiger partial charge in [0.05, 0.1) is 18.7 Å². The van der Waals surface area contributed by atoms with E-state index < -0.39 is 17.7 Å². The van der Waals surface area contributed by atoms with Gasteiger partial charge in [-0.25, -0.2) is 0 Å². The first-order chi connectivity index (χ1) is 16.5. The van der Waals surface area contributed by atoms with Crippen LogP contribution in [0.15, 0.2) is 72.3 Å². The van der Waals surface area contributed by atoms with Gasteiger partial charge in [0.15, 0.2) is 0 Å². The number of amides is 1. The number of anilines is 1. The third kappa shape index (κ3) is 3.71. The first-order valence-electron chi connectivity index (χ1n) is 11.3. The van der Waals surface area contributed by atoms with Crippen molar-refractivity contribution in [3.63, 3.8) is 0 Å². The number of ether oxygens (including phenoxy) is 1. The summed E-state index contributed by atoms with van der Waals surface area (Å²) in [5, 5.41) is 21.1. The van der Waals surface area contributed by atoms with E-state index in [2.05, 4.69) is 0 Å². The third-order valence-corrected chi connectivity index (χ3v) is 6.63. The quantitative estimate of drug-likeness (QED) is 0.332. The highest BCUT2D eigenvalue weighted by atomic mass is 16.5. The van der Waals surface area contributed by atoms with Crippen LogP contribution < -0.4 is 9.64 Å². The highest BCUT2D eigenvalue weighted by Gasteiger charge is 2.47. The van der Waals surface area contributed by atoms with E-state index in [1.165, 1.54) is 28.2 Å². The molecule has 3 aromatic carbocycles. The summed E-state index contributed by atoms with van der Waals surface area (Å²) in [6.07, 6.45) is 4.17. The molecule has 6 nitrogen and oxygen atoms in total. The Kier molecular flexibility index (Phi) is 5.57. The van der Waals surface area contributed by atoms with Crippen molar-refractivity contribution in [1.29, 1.82) is 0 Å². The molecular weight excluding hydrogens is 430 g/mol. The lowest BCUT2D eigenvalue weighted by Crippen LogP contribution is -2.29. The number of ketones is 1. The summed E-state index contributed by atoms with van der Waals surface area (Å²) < 4.78 is 5.22. The van der Waals surface area contributed by atoms with Gasteiger partial charge in [-0.1, -0.05) is 24.3 Å². The predicted molar refractivity (Wildman–Crippen MR) is 129 cm³/mol. The number of Topliss-reactive ketones (excluding diaryl/α,β-unsaturated/α-hetero) is 1. The second kappa shape index (κ2) is 8.71. The largest absolute Gasteiger partial charge is 0.508 e. The Morgan fingerprint density at radius 1 is 0.912 bits per heavy atom. The number of phenolic OH excluding ortho intramolecular Hbond substituents is 1. The number of hydrogen-bond donors (Lipinski definition) is 2. The van der Waals surface area contributed by atoms with Crippen molar-refractivity contribution in [3.05, 3.63) is 94.6 Å². The molecule has 1 saturated heterocycles. The molecule has 0 bridgehead atoms. The van der Waals surface area contributed by atoms with Gasteiger partial charge in [-0.05, 0) is 84.8 Å². The van der Waals surface area contributed by atoms with Crippen molar-refractivity contribution in [1.82, 2.24) is 0 Å². The molecular formula is C28H25NO5. The van der Waals surface area contributed by atoms with E-state index in [0.717, 1.165) is 25.7 Å². The lowest BCUT2D eigenvalue weighted by molar-refractivity contribution is -0.132. The lowest BCUT2D eigenvalue weighted by Gasteiger charge is -2.25. The van der Waals surface area contributed by atoms with Crippen LogP contribution in [0.2, 0.25) is 0 Å². The SMILES string of the molecule is COc1ccc(N2C(=O)C(=O)/C(=C(\O)c3ccc4c(c3)CCCC4)C2c2ccc(O)cc2)cc1. The van der Waals surface area contributed by atoms with Gasteiger partial charge in [0.25, 0.3) is 11.7 Å². The molecule has 34 heavy (non-hydrogen) atoms. The Hall–Kier alpha value is -4.06. The van der Waals surface area contributed by atoms with Gasteiger partial charge in [0, 0.05) is 11.3 Å². The van der Waals surface area contributed by atoms with Crippen LogP contribution in [-0.4, -0.2) is 29.0 Å². The normalized spacial score (nSPS) is 19.2. The first kappa shape index (κ1) is 21.8. The molecule has 1 aliphatic carbocycles. The summed E-state index contributed by atoms with van der Waals surface area (Å²) >= 11 is 0. The van der Waals surface area contributed by atoms with Crippen molar-refractivity contribution < 1.29 is 24.5 Å². The minimum absolute atomic E-state index is 0.0299. The number of benzene rings is 3. The fourth-order valence-electron chi connectivity index (χ4n) is 4.85. The van der Waals surface area contributed by atoms with Crippen LogP contribution in [0.25, 0.3) is 5.76 Å². The Morgan fingerprint density at radius 2 is 1.59 bits per heavy atom. The van der Waals surface area contributed by atoms with Crippen LogP contribution in [0.4, 0.5) is 5.69 Å². The molecule has 5 rings (SSSR count). The predicted octanol–water partition coefficient (Wildman–Crippen LogP) is 4.91. The second-order valence-corrected chi connectivity index (χ2v) is 8.65. The van der Waals surface area contributed by atoms with Gasteiger partial charge >= 0.3 is 0 Å². The van der Waals surface area contributed by atoms with Crippen molar-refractivity contribution >= 4 is 23.1 Å². The standard InChI is InChI=1S/C28H25NO5/c1-34-23-14-10-21(11-15-23)29-25(18-8-12-22(30)13-9-18)24(27(32)28(29)33)26(31)20-7-6-17-4-2-3-5-19(17)16-20/h6-16,25,30-31H,2-5H2,1H3/b26-24-. The average molecular weight is 456 g/mol. The van der Waals surface area contributed by atoms with Crippen LogP contribution in [0.3, 0.4) is 0 Å². The highest BCUT2D eigenvalue weighted by Crippen LogP contribution is 2.43. The number of aliphatic hydroxyl groups excluding tert-OH is 1. The number of hydrogen-bond acceptors (Lipinski definition) is 5. The van der Waals surface area contributed by atoms with Crippen molar-refractivity contribution in [2.45, 2.75) is 31.7 Å². The Balaban J connectivity index is 1.67. The van der Waals surface area contributed by atoms with Crippen LogP contribution >= 0.6 is 0 Å². The van der Waals surface area contributed by atoms with Crippen molar-refractivity contribution in [2.75, 3.05) is 12.0 Å². The molecule has 1 unspecified atom stereocenters. The van der Waals surface area contributed by atoms with E-state index in [0.29, 0.717) is 22.6 Å². The summed E-state index contributed by atoms with van der Waals surface area (Å²) in [6.45, 7) is 0. The summed E-state index contributed by atoms with van der Waals surface area (Å²) in [4.78, 5) is 27.9. The lowest BCUT2D eigenvalue weighted by atomic mass is 9.88. The summed E-state index contributed by atoms with van der Waals surface area (Å²) in [5.41, 5.74) is 4.09. The Morgan fingerprint density at radius 3 is 2.26 bits per heavy atom. The molecule has 2 aliphatic rings. The zero-order valence-electron chi connectivity index (χ0n) is 18.8. The number of fused-ring (bicyclic) bond motifs is 1. The minimum atomic E-state index is -0.843. The topological polar surface area (TPSA) is 87.1 Å². The number of rotatable bonds is 4. The Labute approximate surface area is 197 Å². The summed E-state index contributed by atoms with van der Waals surface area (Å²) in [7, 11) is 1.55. The molecule has 1 amide bonds. The molecule has 0 aromatic heterocycles. The van der Waals surface area contributed by atoms with Gasteiger partial charge in [-0.15, -0.1) is 0 Å². The number of nitrogens with zero attached hydrogens (tertiary/aromatic N) is 1. The smallest absolute Gasteiger partial charge is 0.300 e. The number of aromatic hydroxyl groups is 1. The van der Waals surface area contributed by atoms with E-state index in [4.69, 9.17) is 4.74 Å². The monoisotopic (exact) mass is 455 g/mol. The highest BCUT2D eigenvalue weighted by molar-refractivity contribution is 6.51. The first-order valence-corrected chi connectivity index (χ1v) is 11.3. The van der Waals surface area contributed by atoms with Crippen LogP contribution in [0.5, 0.6) is 11.5 Å². The number of aliphatic hydroxyl groups is 1. The Bertz CT molecular complexity index is 1290. The molecule has 1 aliphatic heterocycles. The number of phenols is 1. The van der Waals surface area contributed by atoms with Gasteiger partial charge in [0.1, 0.15) is 17.3 Å². The zero-order chi connectivity index (χ0) is 23.8. The minimum Gasteiger partial charge on any atom is -0.508 e. The summed E-state index contributed by atoms with van der Waals surface area (Å²) in [6, 6.07) is 18.1. The number of aryl methyl sites for hydroxylation is 2. The van der Waals surface area contributed by atoms with Crippen molar-refractivity contribution in [3.8, 4) is 11.5 Å². The molecule has 1 heterocycles. The molecule has 3 aromatic rings. The van der Waals surface area contributed by atoms with E-state index in [1.54, 1.807) is 43.5 Å². The van der Waals surface area contributed by atoms with Crippen LogP contribution in [0, 0.1) is 0 Å². The molecule has 172 valence electrons. The molecule has 6 heteroatoms. The zero-order valence-corrected chi connectivity index (χ0v) is 18.8. The molecule has 2 N–H and O–H groups in total. The maximum atomic E-state index is 13.3. The summed E-state index contributed by atoms with van der Waals surface area (Å²) in [5.74, 6) is -0.969. The molecule has 0 saturated carbocycles.